The minimum absolute atomic E-state index is 0.0167. The maximum atomic E-state index is 13.9. The third-order valence-corrected chi connectivity index (χ3v) is 5.18. The lowest BCUT2D eigenvalue weighted by Crippen LogP contribution is -2.36. The van der Waals surface area contributed by atoms with Crippen molar-refractivity contribution < 1.29 is 17.6 Å². The van der Waals surface area contributed by atoms with Crippen LogP contribution in [0.4, 0.5) is 4.39 Å². The Labute approximate surface area is 138 Å². The maximum absolute atomic E-state index is 13.9. The number of halogens is 2. The number of aromatic nitrogens is 2. The van der Waals surface area contributed by atoms with E-state index in [1.807, 2.05) is 4.72 Å². The van der Waals surface area contributed by atoms with Gasteiger partial charge in [-0.15, -0.1) is 0 Å². The van der Waals surface area contributed by atoms with Gasteiger partial charge in [0.05, 0.1) is 15.8 Å². The van der Waals surface area contributed by atoms with Crippen LogP contribution < -0.4 is 4.72 Å². The van der Waals surface area contributed by atoms with E-state index in [0.717, 1.165) is 0 Å². The van der Waals surface area contributed by atoms with E-state index in [1.165, 1.54) is 39.0 Å². The van der Waals surface area contributed by atoms with E-state index >= 15 is 0 Å². The third-order valence-electron chi connectivity index (χ3n) is 3.15. The molecule has 0 radical (unpaired) electrons. The fraction of sp³-hybridized carbons (Fsp3) is 0.286. The molecule has 0 saturated heterocycles. The molecular formula is C14H15ClFN3O3S. The predicted molar refractivity (Wildman–Crippen MR) is 85.3 cm³/mol. The van der Waals surface area contributed by atoms with E-state index in [2.05, 4.69) is 9.97 Å². The van der Waals surface area contributed by atoms with Crippen LogP contribution in [-0.4, -0.2) is 29.5 Å². The molecule has 124 valence electrons. The van der Waals surface area contributed by atoms with Gasteiger partial charge in [0, 0.05) is 5.69 Å². The largest absolute Gasteiger partial charge is 0.341 e. The summed E-state index contributed by atoms with van der Waals surface area (Å²) in [6.07, 6.45) is 0. The van der Waals surface area contributed by atoms with Crippen LogP contribution in [0.15, 0.2) is 18.2 Å². The summed E-state index contributed by atoms with van der Waals surface area (Å²) in [5, 5.41) is -0.647. The van der Waals surface area contributed by atoms with Crippen molar-refractivity contribution in [1.82, 2.24) is 14.7 Å². The first-order chi connectivity index (χ1) is 10.6. The number of carbonyl (C=O) groups is 1. The number of H-pyrrole nitrogens is 1. The average molecular weight is 360 g/mol. The van der Waals surface area contributed by atoms with Gasteiger partial charge in [-0.2, -0.15) is 0 Å². The standard InChI is InChI=1S/C14H15ClFN3O3S/c1-7(2)23(21,22)19-14(20)12-8(3)17-13(18-12)11-9(15)5-4-6-10(11)16/h4-7H,1-3H3,(H,17,18)(H,19,20). The minimum Gasteiger partial charge on any atom is -0.341 e. The van der Waals surface area contributed by atoms with Gasteiger partial charge in [0.2, 0.25) is 10.0 Å². The first kappa shape index (κ1) is 17.4. The summed E-state index contributed by atoms with van der Waals surface area (Å²) in [5.41, 5.74) is 0.183. The Morgan fingerprint density at radius 3 is 2.61 bits per heavy atom. The van der Waals surface area contributed by atoms with Crippen LogP contribution in [0.3, 0.4) is 0 Å². The topological polar surface area (TPSA) is 91.9 Å². The van der Waals surface area contributed by atoms with E-state index in [1.54, 1.807) is 0 Å². The molecule has 23 heavy (non-hydrogen) atoms. The third kappa shape index (κ3) is 3.53. The van der Waals surface area contributed by atoms with Gasteiger partial charge in [0.1, 0.15) is 11.6 Å². The number of imidazole rings is 1. The van der Waals surface area contributed by atoms with Crippen LogP contribution in [0, 0.1) is 12.7 Å². The van der Waals surface area contributed by atoms with E-state index in [-0.39, 0.29) is 22.1 Å². The van der Waals surface area contributed by atoms with Gasteiger partial charge in [0.15, 0.2) is 5.69 Å². The average Bonchev–Trinajstić information content (AvgIpc) is 2.79. The molecule has 0 unspecified atom stereocenters. The highest BCUT2D eigenvalue weighted by atomic mass is 35.5. The molecule has 6 nitrogen and oxygen atoms in total. The number of carbonyl (C=O) groups excluding carboxylic acids is 1. The number of hydrogen-bond acceptors (Lipinski definition) is 4. The van der Waals surface area contributed by atoms with Crippen LogP contribution in [0.5, 0.6) is 0 Å². The highest BCUT2D eigenvalue weighted by molar-refractivity contribution is 7.90. The Morgan fingerprint density at radius 1 is 1.39 bits per heavy atom. The highest BCUT2D eigenvalue weighted by Crippen LogP contribution is 2.29. The van der Waals surface area contributed by atoms with Gasteiger partial charge < -0.3 is 4.98 Å². The zero-order chi connectivity index (χ0) is 17.4. The lowest BCUT2D eigenvalue weighted by Gasteiger charge is -2.08. The Kier molecular flexibility index (Phi) is 4.76. The molecule has 1 aromatic heterocycles. The first-order valence-electron chi connectivity index (χ1n) is 6.70. The quantitative estimate of drug-likeness (QED) is 0.877. The van der Waals surface area contributed by atoms with E-state index in [4.69, 9.17) is 11.6 Å². The molecule has 0 spiro atoms. The molecule has 2 N–H and O–H groups in total. The van der Waals surface area contributed by atoms with Gasteiger partial charge in [-0.05, 0) is 32.9 Å². The van der Waals surface area contributed by atoms with Crippen molar-refractivity contribution >= 4 is 27.5 Å². The fourth-order valence-electron chi connectivity index (χ4n) is 1.82. The van der Waals surface area contributed by atoms with Gasteiger partial charge in [0.25, 0.3) is 5.91 Å². The van der Waals surface area contributed by atoms with Crippen molar-refractivity contribution in [1.29, 1.82) is 0 Å². The number of sulfonamides is 1. The lowest BCUT2D eigenvalue weighted by molar-refractivity contribution is 0.0976. The number of benzene rings is 1. The summed E-state index contributed by atoms with van der Waals surface area (Å²) in [4.78, 5) is 18.8. The van der Waals surface area contributed by atoms with Crippen molar-refractivity contribution in [3.8, 4) is 11.4 Å². The van der Waals surface area contributed by atoms with Crippen LogP contribution in [0.25, 0.3) is 11.4 Å². The molecule has 0 aliphatic carbocycles. The molecule has 0 aliphatic heterocycles. The van der Waals surface area contributed by atoms with Crippen molar-refractivity contribution in [3.63, 3.8) is 0 Å². The molecule has 1 aromatic carbocycles. The minimum atomic E-state index is -3.79. The molecule has 2 aromatic rings. The summed E-state index contributed by atoms with van der Waals surface area (Å²) in [6, 6.07) is 4.14. The Balaban J connectivity index is 2.41. The van der Waals surface area contributed by atoms with Crippen LogP contribution in [-0.2, 0) is 10.0 Å². The number of nitrogens with one attached hydrogen (secondary N) is 2. The molecule has 1 amide bonds. The second-order valence-electron chi connectivity index (χ2n) is 5.18. The summed E-state index contributed by atoms with van der Waals surface area (Å²) in [7, 11) is -3.79. The zero-order valence-corrected chi connectivity index (χ0v) is 14.2. The summed E-state index contributed by atoms with van der Waals surface area (Å²) in [6.45, 7) is 4.41. The summed E-state index contributed by atoms with van der Waals surface area (Å²) < 4.78 is 39.4. The van der Waals surface area contributed by atoms with Crippen molar-refractivity contribution in [3.05, 3.63) is 40.4 Å². The predicted octanol–water partition coefficient (Wildman–Crippen LogP) is 2.65. The lowest BCUT2D eigenvalue weighted by atomic mass is 10.2. The molecule has 0 bridgehead atoms. The number of amides is 1. The van der Waals surface area contributed by atoms with E-state index < -0.39 is 27.0 Å². The Bertz CT molecular complexity index is 842. The highest BCUT2D eigenvalue weighted by Gasteiger charge is 2.24. The second kappa shape index (κ2) is 6.29. The number of nitrogens with zero attached hydrogens (tertiary/aromatic N) is 1. The Morgan fingerprint density at radius 2 is 2.04 bits per heavy atom. The molecule has 0 saturated carbocycles. The summed E-state index contributed by atoms with van der Waals surface area (Å²) in [5.74, 6) is -1.43. The van der Waals surface area contributed by atoms with Crippen LogP contribution in [0.2, 0.25) is 5.02 Å². The first-order valence-corrected chi connectivity index (χ1v) is 8.63. The van der Waals surface area contributed by atoms with E-state index in [9.17, 15) is 17.6 Å². The van der Waals surface area contributed by atoms with Gasteiger partial charge >= 0.3 is 0 Å². The zero-order valence-electron chi connectivity index (χ0n) is 12.6. The second-order valence-corrected chi connectivity index (χ2v) is 7.82. The van der Waals surface area contributed by atoms with Gasteiger partial charge in [-0.1, -0.05) is 17.7 Å². The van der Waals surface area contributed by atoms with Crippen molar-refractivity contribution in [2.75, 3.05) is 0 Å². The molecule has 0 aliphatic rings. The maximum Gasteiger partial charge on any atom is 0.285 e. The Hall–Kier alpha value is -1.93. The van der Waals surface area contributed by atoms with E-state index in [0.29, 0.717) is 5.69 Å². The van der Waals surface area contributed by atoms with Crippen LogP contribution in [0.1, 0.15) is 30.0 Å². The summed E-state index contributed by atoms with van der Waals surface area (Å²) >= 11 is 5.96. The molecular weight excluding hydrogens is 345 g/mol. The van der Waals surface area contributed by atoms with Crippen molar-refractivity contribution in [2.45, 2.75) is 26.0 Å². The normalized spacial score (nSPS) is 11.7. The number of rotatable bonds is 4. The molecule has 2 rings (SSSR count). The molecule has 1 heterocycles. The molecule has 0 atom stereocenters. The molecule has 9 heteroatoms. The van der Waals surface area contributed by atoms with Gasteiger partial charge in [-0.3, -0.25) is 4.79 Å². The monoisotopic (exact) mass is 359 g/mol. The SMILES string of the molecule is Cc1[nH]c(-c2c(F)cccc2Cl)nc1C(=O)NS(=O)(=O)C(C)C. The smallest absolute Gasteiger partial charge is 0.285 e. The number of aromatic amines is 1. The number of hydrogen-bond donors (Lipinski definition) is 2. The number of aryl methyl sites for hydroxylation is 1. The van der Waals surface area contributed by atoms with Crippen molar-refractivity contribution in [2.24, 2.45) is 0 Å². The molecule has 0 fully saturated rings. The van der Waals surface area contributed by atoms with Crippen LogP contribution >= 0.6 is 11.6 Å². The fourth-order valence-corrected chi connectivity index (χ4v) is 2.66. The van der Waals surface area contributed by atoms with Gasteiger partial charge in [-0.25, -0.2) is 22.5 Å².